The maximum absolute atomic E-state index is 12.3. The smallest absolute Gasteiger partial charge is 0.246 e. The molecule has 0 radical (unpaired) electrons. The molecule has 6 heteroatoms. The summed E-state index contributed by atoms with van der Waals surface area (Å²) in [6.45, 7) is 1.79. The number of rotatable bonds is 7. The van der Waals surface area contributed by atoms with Crippen molar-refractivity contribution in [1.29, 1.82) is 0 Å². The first-order chi connectivity index (χ1) is 12.5. The maximum Gasteiger partial charge on any atom is 0.246 e. The van der Waals surface area contributed by atoms with Crippen molar-refractivity contribution in [3.63, 3.8) is 0 Å². The Morgan fingerprint density at radius 3 is 2.35 bits per heavy atom. The van der Waals surface area contributed by atoms with E-state index in [0.717, 1.165) is 24.2 Å². The second-order valence-corrected chi connectivity index (χ2v) is 6.43. The highest BCUT2D eigenvalue weighted by Crippen LogP contribution is 2.30. The van der Waals surface area contributed by atoms with Crippen LogP contribution in [0.4, 0.5) is 17.1 Å². The van der Waals surface area contributed by atoms with Gasteiger partial charge < -0.3 is 20.7 Å². The molecule has 1 atom stereocenters. The Kier molecular flexibility index (Phi) is 5.41. The third-order valence-corrected chi connectivity index (χ3v) is 4.21. The first-order valence-electron chi connectivity index (χ1n) is 8.67. The average Bonchev–Trinajstić information content (AvgIpc) is 3.48. The van der Waals surface area contributed by atoms with Gasteiger partial charge in [-0.2, -0.15) is 0 Å². The van der Waals surface area contributed by atoms with Gasteiger partial charge in [0.15, 0.2) is 0 Å². The number of hydrogen-bond acceptors (Lipinski definition) is 4. The molecule has 0 spiro atoms. The van der Waals surface area contributed by atoms with E-state index >= 15 is 0 Å². The Balaban J connectivity index is 1.53. The van der Waals surface area contributed by atoms with E-state index in [-0.39, 0.29) is 17.7 Å². The number of ether oxygens (including phenoxy) is 1. The van der Waals surface area contributed by atoms with Gasteiger partial charge in [0.1, 0.15) is 11.8 Å². The lowest BCUT2D eigenvalue weighted by molar-refractivity contribution is -0.117. The molecular weight excluding hydrogens is 330 g/mol. The van der Waals surface area contributed by atoms with Crippen LogP contribution in [-0.4, -0.2) is 25.0 Å². The predicted molar refractivity (Wildman–Crippen MR) is 103 cm³/mol. The van der Waals surface area contributed by atoms with Gasteiger partial charge in [-0.3, -0.25) is 9.59 Å². The van der Waals surface area contributed by atoms with Crippen molar-refractivity contribution in [1.82, 2.24) is 0 Å². The van der Waals surface area contributed by atoms with Gasteiger partial charge in [0.25, 0.3) is 0 Å². The van der Waals surface area contributed by atoms with Crippen LogP contribution < -0.4 is 20.7 Å². The minimum atomic E-state index is -0.423. The summed E-state index contributed by atoms with van der Waals surface area (Å²) in [7, 11) is 1.59. The van der Waals surface area contributed by atoms with Crippen molar-refractivity contribution in [2.24, 2.45) is 5.92 Å². The average molecular weight is 353 g/mol. The van der Waals surface area contributed by atoms with Crippen molar-refractivity contribution in [3.05, 3.63) is 48.5 Å². The molecule has 6 nitrogen and oxygen atoms in total. The zero-order chi connectivity index (χ0) is 18.5. The van der Waals surface area contributed by atoms with E-state index < -0.39 is 6.04 Å². The van der Waals surface area contributed by atoms with Gasteiger partial charge in [-0.15, -0.1) is 0 Å². The SMILES string of the molecule is COc1cccc(NC(=O)[C@@H](C)Nc2ccc(NC(=O)C3CC3)cc2)c1. The number of methoxy groups -OCH3 is 1. The largest absolute Gasteiger partial charge is 0.497 e. The van der Waals surface area contributed by atoms with Crippen LogP contribution in [0.3, 0.4) is 0 Å². The lowest BCUT2D eigenvalue weighted by Gasteiger charge is -2.16. The predicted octanol–water partition coefficient (Wildman–Crippen LogP) is 3.48. The van der Waals surface area contributed by atoms with Crippen LogP contribution in [0.1, 0.15) is 19.8 Å². The first kappa shape index (κ1) is 17.8. The highest BCUT2D eigenvalue weighted by molar-refractivity contribution is 5.96. The second-order valence-electron chi connectivity index (χ2n) is 6.43. The molecule has 0 aromatic heterocycles. The quantitative estimate of drug-likeness (QED) is 0.712. The van der Waals surface area contributed by atoms with Crippen molar-refractivity contribution >= 4 is 28.9 Å². The van der Waals surface area contributed by atoms with E-state index in [9.17, 15) is 9.59 Å². The number of anilines is 3. The number of carbonyl (C=O) groups is 2. The molecule has 0 heterocycles. The Hall–Kier alpha value is -3.02. The molecule has 2 aromatic rings. The van der Waals surface area contributed by atoms with Crippen molar-refractivity contribution in [2.75, 3.05) is 23.1 Å². The highest BCUT2D eigenvalue weighted by Gasteiger charge is 2.29. The van der Waals surface area contributed by atoms with Gasteiger partial charge in [0.05, 0.1) is 7.11 Å². The molecule has 3 N–H and O–H groups in total. The first-order valence-corrected chi connectivity index (χ1v) is 8.67. The molecular formula is C20H23N3O3. The maximum atomic E-state index is 12.3. The van der Waals surface area contributed by atoms with E-state index in [1.807, 2.05) is 42.5 Å². The van der Waals surface area contributed by atoms with Crippen molar-refractivity contribution < 1.29 is 14.3 Å². The molecule has 1 fully saturated rings. The second kappa shape index (κ2) is 7.91. The van der Waals surface area contributed by atoms with Crippen LogP contribution in [0.15, 0.2) is 48.5 Å². The van der Waals surface area contributed by atoms with Crippen LogP contribution in [0.2, 0.25) is 0 Å². The Morgan fingerprint density at radius 2 is 1.69 bits per heavy atom. The Labute approximate surface area is 152 Å². The molecule has 3 rings (SSSR count). The number of benzene rings is 2. The van der Waals surface area contributed by atoms with Gasteiger partial charge in [-0.1, -0.05) is 6.07 Å². The van der Waals surface area contributed by atoms with Crippen LogP contribution in [-0.2, 0) is 9.59 Å². The van der Waals surface area contributed by atoms with Crippen molar-refractivity contribution in [3.8, 4) is 5.75 Å². The zero-order valence-electron chi connectivity index (χ0n) is 14.9. The fourth-order valence-corrected chi connectivity index (χ4v) is 2.51. The molecule has 0 saturated heterocycles. The summed E-state index contributed by atoms with van der Waals surface area (Å²) in [6.07, 6.45) is 1.96. The summed E-state index contributed by atoms with van der Waals surface area (Å²) in [5.41, 5.74) is 2.25. The third kappa shape index (κ3) is 4.75. The third-order valence-electron chi connectivity index (χ3n) is 4.21. The standard InChI is InChI=1S/C20H23N3O3/c1-13(19(24)23-17-4-3-5-18(12-17)26-2)21-15-8-10-16(11-9-15)22-20(25)14-6-7-14/h3-5,8-14,21H,6-7H2,1-2H3,(H,22,25)(H,23,24)/t13-/m1/s1. The minimum absolute atomic E-state index is 0.0803. The van der Waals surface area contributed by atoms with E-state index in [1.165, 1.54) is 0 Å². The van der Waals surface area contributed by atoms with E-state index in [0.29, 0.717) is 11.4 Å². The molecule has 26 heavy (non-hydrogen) atoms. The summed E-state index contributed by atoms with van der Waals surface area (Å²) in [6, 6.07) is 14.1. The van der Waals surface area contributed by atoms with Gasteiger partial charge in [0, 0.05) is 29.0 Å². The fourth-order valence-electron chi connectivity index (χ4n) is 2.51. The monoisotopic (exact) mass is 353 g/mol. The molecule has 2 amide bonds. The fraction of sp³-hybridized carbons (Fsp3) is 0.300. The van der Waals surface area contributed by atoms with Gasteiger partial charge in [0.2, 0.25) is 11.8 Å². The van der Waals surface area contributed by atoms with E-state index in [1.54, 1.807) is 20.1 Å². The van der Waals surface area contributed by atoms with E-state index in [2.05, 4.69) is 16.0 Å². The molecule has 0 aliphatic heterocycles. The highest BCUT2D eigenvalue weighted by atomic mass is 16.5. The minimum Gasteiger partial charge on any atom is -0.497 e. The van der Waals surface area contributed by atoms with Crippen molar-refractivity contribution in [2.45, 2.75) is 25.8 Å². The number of hydrogen-bond donors (Lipinski definition) is 3. The summed E-state index contributed by atoms with van der Waals surface area (Å²) in [5, 5.41) is 8.90. The van der Waals surface area contributed by atoms with Crippen LogP contribution in [0.5, 0.6) is 5.75 Å². The lowest BCUT2D eigenvalue weighted by atomic mass is 10.2. The van der Waals surface area contributed by atoms with E-state index in [4.69, 9.17) is 4.74 Å². The topological polar surface area (TPSA) is 79.5 Å². The Bertz CT molecular complexity index is 785. The molecule has 136 valence electrons. The zero-order valence-corrected chi connectivity index (χ0v) is 14.9. The summed E-state index contributed by atoms with van der Waals surface area (Å²) in [5.74, 6) is 0.793. The van der Waals surface area contributed by atoms with Crippen LogP contribution in [0, 0.1) is 5.92 Å². The molecule has 1 saturated carbocycles. The number of nitrogens with one attached hydrogen (secondary N) is 3. The molecule has 1 aliphatic carbocycles. The normalized spacial score (nSPS) is 14.2. The summed E-state index contributed by atoms with van der Waals surface area (Å²) in [4.78, 5) is 24.1. The molecule has 0 bridgehead atoms. The lowest BCUT2D eigenvalue weighted by Crippen LogP contribution is -2.31. The molecule has 2 aromatic carbocycles. The number of carbonyl (C=O) groups excluding carboxylic acids is 2. The molecule has 0 unspecified atom stereocenters. The van der Waals surface area contributed by atoms with Gasteiger partial charge in [-0.25, -0.2) is 0 Å². The van der Waals surface area contributed by atoms with Gasteiger partial charge in [-0.05, 0) is 56.2 Å². The number of amides is 2. The molecule has 1 aliphatic rings. The summed E-state index contributed by atoms with van der Waals surface area (Å²) >= 11 is 0. The van der Waals surface area contributed by atoms with Crippen LogP contribution in [0.25, 0.3) is 0 Å². The van der Waals surface area contributed by atoms with Gasteiger partial charge >= 0.3 is 0 Å². The van der Waals surface area contributed by atoms with Crippen LogP contribution >= 0.6 is 0 Å². The Morgan fingerprint density at radius 1 is 1.00 bits per heavy atom. The summed E-state index contributed by atoms with van der Waals surface area (Å²) < 4.78 is 5.15.